The van der Waals surface area contributed by atoms with Gasteiger partial charge in [-0.2, -0.15) is 15.0 Å². The van der Waals surface area contributed by atoms with Gasteiger partial charge in [0.25, 0.3) is 0 Å². The Hall–Kier alpha value is -1.63. The van der Waals surface area contributed by atoms with Crippen LogP contribution in [-0.2, 0) is 0 Å². The van der Waals surface area contributed by atoms with Gasteiger partial charge in [0.1, 0.15) is 0 Å². The Balaban J connectivity index is 1.65. The zero-order valence-electron chi connectivity index (χ0n) is 12.1. The molecule has 1 aromatic heterocycles. The molecule has 4 rings (SSSR count). The summed E-state index contributed by atoms with van der Waals surface area (Å²) in [6.45, 7) is 1.99. The Morgan fingerprint density at radius 3 is 2.24 bits per heavy atom. The van der Waals surface area contributed by atoms with Gasteiger partial charge in [0.2, 0.25) is 17.8 Å². The van der Waals surface area contributed by atoms with Crippen LogP contribution >= 0.6 is 0 Å². The quantitative estimate of drug-likeness (QED) is 0.821. The van der Waals surface area contributed by atoms with Crippen molar-refractivity contribution in [1.29, 1.82) is 0 Å². The number of hydrogen-bond donors (Lipinski definition) is 2. The Morgan fingerprint density at radius 1 is 0.952 bits per heavy atom. The van der Waals surface area contributed by atoms with E-state index in [9.17, 15) is 5.11 Å². The average Bonchev–Trinajstić information content (AvgIpc) is 3.05. The van der Waals surface area contributed by atoms with Crippen LogP contribution in [0.3, 0.4) is 0 Å². The standard InChI is InChI=1S/C14H22N6O/c15-12-16-13(19-5-1-2-6-19)18-14(17-12)20-9-3-4-10(20)8-11(21)7-9/h9-11,21H,1-8H2,(H2,15,16,17,18). The molecule has 3 fully saturated rings. The van der Waals surface area contributed by atoms with Crippen LogP contribution in [0.15, 0.2) is 0 Å². The minimum atomic E-state index is -0.184. The van der Waals surface area contributed by atoms with Crippen molar-refractivity contribution in [2.24, 2.45) is 0 Å². The van der Waals surface area contributed by atoms with Crippen molar-refractivity contribution in [2.75, 3.05) is 28.6 Å². The molecule has 0 saturated carbocycles. The molecule has 114 valence electrons. The number of rotatable bonds is 2. The van der Waals surface area contributed by atoms with Crippen molar-refractivity contribution in [1.82, 2.24) is 15.0 Å². The zero-order chi connectivity index (χ0) is 14.4. The van der Waals surface area contributed by atoms with Crippen LogP contribution in [0.5, 0.6) is 0 Å². The van der Waals surface area contributed by atoms with Gasteiger partial charge < -0.3 is 20.6 Å². The Bertz CT molecular complexity index is 518. The van der Waals surface area contributed by atoms with Crippen LogP contribution in [0.25, 0.3) is 0 Å². The predicted octanol–water partition coefficient (Wildman–Crippen LogP) is 0.546. The maximum absolute atomic E-state index is 9.92. The molecule has 21 heavy (non-hydrogen) atoms. The van der Waals surface area contributed by atoms with E-state index in [4.69, 9.17) is 5.73 Å². The number of hydrogen-bond acceptors (Lipinski definition) is 7. The fourth-order valence-electron chi connectivity index (χ4n) is 4.02. The molecule has 0 spiro atoms. The summed E-state index contributed by atoms with van der Waals surface area (Å²) in [4.78, 5) is 17.8. The largest absolute Gasteiger partial charge is 0.393 e. The molecule has 4 heterocycles. The van der Waals surface area contributed by atoms with Gasteiger partial charge in [-0.1, -0.05) is 0 Å². The first-order valence-electron chi connectivity index (χ1n) is 7.93. The van der Waals surface area contributed by atoms with Crippen LogP contribution in [0.1, 0.15) is 38.5 Å². The SMILES string of the molecule is Nc1nc(N2CCCC2)nc(N2C3CCC2CC(O)C3)n1. The second-order valence-corrected chi connectivity index (χ2v) is 6.41. The summed E-state index contributed by atoms with van der Waals surface area (Å²) in [6, 6.07) is 0.680. The first kappa shape index (κ1) is 13.1. The number of nitrogens with zero attached hydrogens (tertiary/aromatic N) is 5. The molecular formula is C14H22N6O. The second-order valence-electron chi connectivity index (χ2n) is 6.41. The number of nitrogens with two attached hydrogens (primary N) is 1. The average molecular weight is 290 g/mol. The third-order valence-corrected chi connectivity index (χ3v) is 4.96. The normalized spacial score (nSPS) is 32.0. The lowest BCUT2D eigenvalue weighted by molar-refractivity contribution is 0.125. The Kier molecular flexibility index (Phi) is 3.10. The summed E-state index contributed by atoms with van der Waals surface area (Å²) in [6.07, 6.45) is 6.00. The number of aliphatic hydroxyl groups excluding tert-OH is 1. The smallest absolute Gasteiger partial charge is 0.232 e. The van der Waals surface area contributed by atoms with Crippen LogP contribution in [0, 0.1) is 0 Å². The second kappa shape index (κ2) is 4.98. The van der Waals surface area contributed by atoms with Crippen LogP contribution in [-0.4, -0.2) is 51.3 Å². The van der Waals surface area contributed by atoms with Crippen molar-refractivity contribution < 1.29 is 5.11 Å². The van der Waals surface area contributed by atoms with Crippen molar-refractivity contribution in [3.8, 4) is 0 Å². The van der Waals surface area contributed by atoms with E-state index in [-0.39, 0.29) is 6.10 Å². The lowest BCUT2D eigenvalue weighted by atomic mass is 10.0. The summed E-state index contributed by atoms with van der Waals surface area (Å²) >= 11 is 0. The fourth-order valence-corrected chi connectivity index (χ4v) is 4.02. The summed E-state index contributed by atoms with van der Waals surface area (Å²) < 4.78 is 0. The number of piperidine rings is 1. The van der Waals surface area contributed by atoms with E-state index >= 15 is 0 Å². The molecule has 0 radical (unpaired) electrons. The first-order valence-corrected chi connectivity index (χ1v) is 7.93. The third-order valence-electron chi connectivity index (χ3n) is 4.96. The highest BCUT2D eigenvalue weighted by molar-refractivity contribution is 5.46. The molecule has 3 aliphatic heterocycles. The van der Waals surface area contributed by atoms with E-state index in [1.807, 2.05) is 0 Å². The molecule has 3 aliphatic rings. The molecule has 2 unspecified atom stereocenters. The molecule has 2 bridgehead atoms. The summed E-state index contributed by atoms with van der Waals surface area (Å²) in [7, 11) is 0. The lowest BCUT2D eigenvalue weighted by Gasteiger charge is -2.37. The van der Waals surface area contributed by atoms with E-state index in [0.717, 1.165) is 38.8 Å². The van der Waals surface area contributed by atoms with Crippen LogP contribution < -0.4 is 15.5 Å². The number of anilines is 3. The summed E-state index contributed by atoms with van der Waals surface area (Å²) in [5.74, 6) is 1.71. The van der Waals surface area contributed by atoms with Crippen LogP contribution in [0.4, 0.5) is 17.8 Å². The van der Waals surface area contributed by atoms with Crippen molar-refractivity contribution in [3.63, 3.8) is 0 Å². The van der Waals surface area contributed by atoms with Crippen LogP contribution in [0.2, 0.25) is 0 Å². The highest BCUT2D eigenvalue weighted by Crippen LogP contribution is 2.38. The van der Waals surface area contributed by atoms with Crippen molar-refractivity contribution in [3.05, 3.63) is 0 Å². The fraction of sp³-hybridized carbons (Fsp3) is 0.786. The van der Waals surface area contributed by atoms with Gasteiger partial charge in [0.05, 0.1) is 6.10 Å². The van der Waals surface area contributed by atoms with Crippen molar-refractivity contribution in [2.45, 2.75) is 56.7 Å². The monoisotopic (exact) mass is 290 g/mol. The van der Waals surface area contributed by atoms with Gasteiger partial charge >= 0.3 is 0 Å². The maximum Gasteiger partial charge on any atom is 0.232 e. The Labute approximate surface area is 124 Å². The first-order chi connectivity index (χ1) is 10.2. The van der Waals surface area contributed by atoms with E-state index < -0.39 is 0 Å². The van der Waals surface area contributed by atoms with Gasteiger partial charge in [0, 0.05) is 25.2 Å². The summed E-state index contributed by atoms with van der Waals surface area (Å²) in [5.41, 5.74) is 5.91. The topological polar surface area (TPSA) is 91.4 Å². The molecule has 2 atom stereocenters. The maximum atomic E-state index is 9.92. The zero-order valence-corrected chi connectivity index (χ0v) is 12.1. The number of aliphatic hydroxyl groups is 1. The van der Waals surface area contributed by atoms with E-state index in [1.54, 1.807) is 0 Å². The molecular weight excluding hydrogens is 268 g/mol. The van der Waals surface area contributed by atoms with Crippen molar-refractivity contribution >= 4 is 17.8 Å². The van der Waals surface area contributed by atoms with E-state index in [1.165, 1.54) is 12.8 Å². The predicted molar refractivity (Wildman–Crippen MR) is 80.2 cm³/mol. The molecule has 0 amide bonds. The molecule has 0 aliphatic carbocycles. The molecule has 3 saturated heterocycles. The highest BCUT2D eigenvalue weighted by Gasteiger charge is 2.41. The summed E-state index contributed by atoms with van der Waals surface area (Å²) in [5, 5.41) is 9.92. The van der Waals surface area contributed by atoms with Gasteiger partial charge in [0.15, 0.2) is 0 Å². The van der Waals surface area contributed by atoms with Gasteiger partial charge in [-0.15, -0.1) is 0 Å². The lowest BCUT2D eigenvalue weighted by Crippen LogP contribution is -2.46. The Morgan fingerprint density at radius 2 is 1.57 bits per heavy atom. The van der Waals surface area contributed by atoms with E-state index in [0.29, 0.717) is 29.9 Å². The molecule has 1 aromatic rings. The number of fused-ring (bicyclic) bond motifs is 2. The minimum Gasteiger partial charge on any atom is -0.393 e. The highest BCUT2D eigenvalue weighted by atomic mass is 16.3. The minimum absolute atomic E-state index is 0.184. The van der Waals surface area contributed by atoms with E-state index in [2.05, 4.69) is 24.8 Å². The van der Waals surface area contributed by atoms with Gasteiger partial charge in [-0.3, -0.25) is 0 Å². The molecule has 7 nitrogen and oxygen atoms in total. The number of nitrogen functional groups attached to an aromatic ring is 1. The third kappa shape index (κ3) is 2.29. The number of aromatic nitrogens is 3. The molecule has 0 aromatic carbocycles. The molecule has 3 N–H and O–H groups in total. The van der Waals surface area contributed by atoms with Gasteiger partial charge in [-0.25, -0.2) is 0 Å². The van der Waals surface area contributed by atoms with Gasteiger partial charge in [-0.05, 0) is 38.5 Å². The molecule has 7 heteroatoms.